The lowest BCUT2D eigenvalue weighted by Gasteiger charge is -2.31. The number of sulfonamides is 1. The SMILES string of the molecule is CCOC(=O)C1CCN(C(=O)c2cccc(S(=O)(=O)Nc3ccccc3OC)c2)CC1. The molecular formula is C22H26N2O6S. The van der Waals surface area contributed by atoms with E-state index in [-0.39, 0.29) is 28.3 Å². The van der Waals surface area contributed by atoms with E-state index >= 15 is 0 Å². The van der Waals surface area contributed by atoms with Crippen molar-refractivity contribution in [2.45, 2.75) is 24.7 Å². The van der Waals surface area contributed by atoms with Crippen LogP contribution < -0.4 is 9.46 Å². The molecule has 1 heterocycles. The first kappa shape index (κ1) is 22.6. The highest BCUT2D eigenvalue weighted by Gasteiger charge is 2.29. The lowest BCUT2D eigenvalue weighted by atomic mass is 9.96. The van der Waals surface area contributed by atoms with Crippen LogP contribution in [0.3, 0.4) is 0 Å². The largest absolute Gasteiger partial charge is 0.495 e. The van der Waals surface area contributed by atoms with Gasteiger partial charge in [-0.1, -0.05) is 18.2 Å². The van der Waals surface area contributed by atoms with Gasteiger partial charge in [0.2, 0.25) is 0 Å². The summed E-state index contributed by atoms with van der Waals surface area (Å²) < 4.78 is 38.5. The van der Waals surface area contributed by atoms with Crippen molar-refractivity contribution >= 4 is 27.6 Å². The van der Waals surface area contributed by atoms with Gasteiger partial charge >= 0.3 is 5.97 Å². The summed E-state index contributed by atoms with van der Waals surface area (Å²) in [5, 5.41) is 0. The zero-order chi connectivity index (χ0) is 22.4. The van der Waals surface area contributed by atoms with E-state index in [1.807, 2.05) is 0 Å². The molecule has 31 heavy (non-hydrogen) atoms. The predicted molar refractivity (Wildman–Crippen MR) is 116 cm³/mol. The Labute approximate surface area is 182 Å². The van der Waals surface area contributed by atoms with E-state index < -0.39 is 10.0 Å². The minimum absolute atomic E-state index is 0.0225. The van der Waals surface area contributed by atoms with Crippen LogP contribution >= 0.6 is 0 Å². The summed E-state index contributed by atoms with van der Waals surface area (Å²) in [5.41, 5.74) is 0.584. The summed E-state index contributed by atoms with van der Waals surface area (Å²) in [6, 6.07) is 12.6. The highest BCUT2D eigenvalue weighted by atomic mass is 32.2. The van der Waals surface area contributed by atoms with Gasteiger partial charge in [-0.25, -0.2) is 8.42 Å². The normalized spacial score (nSPS) is 14.7. The Morgan fingerprint density at radius 3 is 2.48 bits per heavy atom. The molecular weight excluding hydrogens is 420 g/mol. The molecule has 1 N–H and O–H groups in total. The fourth-order valence-electron chi connectivity index (χ4n) is 3.49. The number of carbonyl (C=O) groups excluding carboxylic acids is 2. The summed E-state index contributed by atoms with van der Waals surface area (Å²) in [6.45, 7) is 2.93. The van der Waals surface area contributed by atoms with E-state index in [9.17, 15) is 18.0 Å². The topological polar surface area (TPSA) is 102 Å². The second kappa shape index (κ2) is 9.82. The second-order valence-corrected chi connectivity index (χ2v) is 8.83. The highest BCUT2D eigenvalue weighted by Crippen LogP contribution is 2.27. The van der Waals surface area contributed by atoms with Crippen LogP contribution in [0.4, 0.5) is 5.69 Å². The molecule has 1 saturated heterocycles. The Morgan fingerprint density at radius 2 is 1.81 bits per heavy atom. The number of benzene rings is 2. The fraction of sp³-hybridized carbons (Fsp3) is 0.364. The van der Waals surface area contributed by atoms with Crippen LogP contribution in [0.25, 0.3) is 0 Å². The smallest absolute Gasteiger partial charge is 0.309 e. The number of piperidine rings is 1. The molecule has 166 valence electrons. The Morgan fingerprint density at radius 1 is 1.10 bits per heavy atom. The third-order valence-corrected chi connectivity index (χ3v) is 6.51. The van der Waals surface area contributed by atoms with Gasteiger partial charge in [-0.05, 0) is 50.1 Å². The number of esters is 1. The van der Waals surface area contributed by atoms with Crippen LogP contribution in [0.15, 0.2) is 53.4 Å². The molecule has 9 heteroatoms. The number of likely N-dealkylation sites (tertiary alicyclic amines) is 1. The van der Waals surface area contributed by atoms with Gasteiger partial charge in [-0.15, -0.1) is 0 Å². The zero-order valence-corrected chi connectivity index (χ0v) is 18.4. The van der Waals surface area contributed by atoms with Crippen LogP contribution in [0.1, 0.15) is 30.1 Å². The molecule has 2 aromatic carbocycles. The van der Waals surface area contributed by atoms with Gasteiger partial charge in [0.15, 0.2) is 0 Å². The average Bonchev–Trinajstić information content (AvgIpc) is 2.79. The molecule has 0 saturated carbocycles. The molecule has 1 aliphatic rings. The standard InChI is InChI=1S/C22H26N2O6S/c1-3-30-22(26)16-11-13-24(14-12-16)21(25)17-7-6-8-18(15-17)31(27,28)23-19-9-4-5-10-20(19)29-2/h4-10,15-16,23H,3,11-14H2,1-2H3. The number of methoxy groups -OCH3 is 1. The second-order valence-electron chi connectivity index (χ2n) is 7.15. The first-order chi connectivity index (χ1) is 14.9. The van der Waals surface area contributed by atoms with Crippen LogP contribution in [-0.2, 0) is 19.6 Å². The molecule has 0 atom stereocenters. The lowest BCUT2D eigenvalue weighted by molar-refractivity contribution is -0.149. The number of anilines is 1. The van der Waals surface area contributed by atoms with E-state index in [0.717, 1.165) is 0 Å². The van der Waals surface area contributed by atoms with Gasteiger partial charge in [0.05, 0.1) is 30.2 Å². The fourth-order valence-corrected chi connectivity index (χ4v) is 4.61. The van der Waals surface area contributed by atoms with Crippen molar-refractivity contribution in [2.75, 3.05) is 31.5 Å². The Kier molecular flexibility index (Phi) is 7.17. The lowest BCUT2D eigenvalue weighted by Crippen LogP contribution is -2.40. The summed E-state index contributed by atoms with van der Waals surface area (Å²) in [5.74, 6) is -0.315. The molecule has 0 aromatic heterocycles. The summed E-state index contributed by atoms with van der Waals surface area (Å²) in [4.78, 5) is 26.4. The van der Waals surface area contributed by atoms with Crippen LogP contribution in [0.5, 0.6) is 5.75 Å². The molecule has 1 aliphatic heterocycles. The molecule has 0 bridgehead atoms. The minimum Gasteiger partial charge on any atom is -0.495 e. The van der Waals surface area contributed by atoms with E-state index in [2.05, 4.69) is 4.72 Å². The molecule has 0 unspecified atom stereocenters. The number of nitrogens with zero attached hydrogens (tertiary/aromatic N) is 1. The molecule has 8 nitrogen and oxygen atoms in total. The van der Waals surface area contributed by atoms with Crippen molar-refractivity contribution in [3.8, 4) is 5.75 Å². The van der Waals surface area contributed by atoms with Gasteiger partial charge in [-0.3, -0.25) is 14.3 Å². The molecule has 1 amide bonds. The van der Waals surface area contributed by atoms with Crippen molar-refractivity contribution < 1.29 is 27.5 Å². The van der Waals surface area contributed by atoms with Gasteiger partial charge in [0, 0.05) is 18.7 Å². The number of para-hydroxylation sites is 2. The van der Waals surface area contributed by atoms with E-state index in [4.69, 9.17) is 9.47 Å². The first-order valence-corrected chi connectivity index (χ1v) is 11.6. The number of amides is 1. The van der Waals surface area contributed by atoms with Crippen LogP contribution in [0.2, 0.25) is 0 Å². The van der Waals surface area contributed by atoms with E-state index in [1.165, 1.54) is 25.3 Å². The van der Waals surface area contributed by atoms with Crippen molar-refractivity contribution in [3.05, 3.63) is 54.1 Å². The molecule has 0 radical (unpaired) electrons. The average molecular weight is 447 g/mol. The summed E-state index contributed by atoms with van der Waals surface area (Å²) in [6.07, 6.45) is 1.05. The number of hydrogen-bond acceptors (Lipinski definition) is 6. The maximum atomic E-state index is 12.9. The third kappa shape index (κ3) is 5.35. The van der Waals surface area contributed by atoms with Crippen LogP contribution in [0, 0.1) is 5.92 Å². The molecule has 0 spiro atoms. The minimum atomic E-state index is -3.92. The summed E-state index contributed by atoms with van der Waals surface area (Å²) >= 11 is 0. The number of hydrogen-bond donors (Lipinski definition) is 1. The molecule has 0 aliphatic carbocycles. The van der Waals surface area contributed by atoms with E-state index in [1.54, 1.807) is 42.2 Å². The molecule has 1 fully saturated rings. The summed E-state index contributed by atoms with van der Waals surface area (Å²) in [7, 11) is -2.47. The Bertz CT molecular complexity index is 1050. The quantitative estimate of drug-likeness (QED) is 0.656. The number of ether oxygens (including phenoxy) is 2. The van der Waals surface area contributed by atoms with Gasteiger partial charge < -0.3 is 14.4 Å². The Hall–Kier alpha value is -3.07. The number of rotatable bonds is 7. The van der Waals surface area contributed by atoms with Crippen molar-refractivity contribution in [1.29, 1.82) is 0 Å². The maximum absolute atomic E-state index is 12.9. The zero-order valence-electron chi connectivity index (χ0n) is 17.5. The first-order valence-electron chi connectivity index (χ1n) is 10.1. The third-order valence-electron chi connectivity index (χ3n) is 5.14. The Balaban J connectivity index is 1.72. The maximum Gasteiger partial charge on any atom is 0.309 e. The molecule has 2 aromatic rings. The molecule has 3 rings (SSSR count). The van der Waals surface area contributed by atoms with Crippen molar-refractivity contribution in [3.63, 3.8) is 0 Å². The van der Waals surface area contributed by atoms with Gasteiger partial charge in [-0.2, -0.15) is 0 Å². The van der Waals surface area contributed by atoms with Gasteiger partial charge in [0.25, 0.3) is 15.9 Å². The monoisotopic (exact) mass is 446 g/mol. The number of nitrogens with one attached hydrogen (secondary N) is 1. The van der Waals surface area contributed by atoms with Crippen molar-refractivity contribution in [1.82, 2.24) is 4.90 Å². The van der Waals surface area contributed by atoms with Crippen molar-refractivity contribution in [2.24, 2.45) is 5.92 Å². The number of carbonyl (C=O) groups is 2. The van der Waals surface area contributed by atoms with E-state index in [0.29, 0.717) is 44.0 Å². The predicted octanol–water partition coefficient (Wildman–Crippen LogP) is 2.91. The van der Waals surface area contributed by atoms with Gasteiger partial charge in [0.1, 0.15) is 5.75 Å². The van der Waals surface area contributed by atoms with Crippen LogP contribution in [-0.4, -0.2) is 52.0 Å². The highest BCUT2D eigenvalue weighted by molar-refractivity contribution is 7.92.